The molecule has 8 heteroatoms. The molecule has 2 aromatic rings. The van der Waals surface area contributed by atoms with Gasteiger partial charge in [-0.05, 0) is 11.6 Å². The number of ether oxygens (including phenoxy) is 1. The molecule has 0 saturated carbocycles. The van der Waals surface area contributed by atoms with Crippen LogP contribution in [0.1, 0.15) is 5.56 Å². The van der Waals surface area contributed by atoms with E-state index in [2.05, 4.69) is 0 Å². The lowest BCUT2D eigenvalue weighted by Crippen LogP contribution is -2.68. The van der Waals surface area contributed by atoms with Crippen LogP contribution in [-0.2, 0) is 6.61 Å². The Labute approximate surface area is 123 Å². The van der Waals surface area contributed by atoms with Gasteiger partial charge in [-0.25, -0.2) is 18.6 Å². The molecule has 1 aromatic carbocycles. The van der Waals surface area contributed by atoms with Crippen molar-refractivity contribution in [3.63, 3.8) is 0 Å². The molecule has 0 bridgehead atoms. The summed E-state index contributed by atoms with van der Waals surface area (Å²) in [5.74, 6) is 0.774. The molecule has 1 aromatic heterocycles. The van der Waals surface area contributed by atoms with Crippen LogP contribution in [0.4, 0.5) is 0 Å². The summed E-state index contributed by atoms with van der Waals surface area (Å²) in [6.45, 7) is 0.540. The predicted octanol–water partition coefficient (Wildman–Crippen LogP) is -3.14. The fraction of sp³-hybridized carbons (Fsp3) is 0.154. The van der Waals surface area contributed by atoms with Gasteiger partial charge in [0.25, 0.3) is 6.20 Å². The number of nitrogens with zero attached hydrogens (tertiary/aromatic N) is 1. The molecule has 0 aliphatic carbocycles. The smallest absolute Gasteiger partial charge is 0.264 e. The van der Waals surface area contributed by atoms with E-state index in [0.717, 1.165) is 11.3 Å². The number of benzene rings is 1. The molecule has 0 radical (unpaired) electrons. The Balaban J connectivity index is 0.000000383. The Kier molecular flexibility index (Phi) is 6.86. The number of hydrogen-bond donors (Lipinski definition) is 0. The van der Waals surface area contributed by atoms with E-state index in [1.54, 1.807) is 18.0 Å². The second kappa shape index (κ2) is 8.40. The minimum Gasteiger partial charge on any atom is -0.491 e. The van der Waals surface area contributed by atoms with E-state index in [-0.39, 0.29) is 0 Å². The van der Waals surface area contributed by atoms with Gasteiger partial charge in [0.15, 0.2) is 12.4 Å². The molecule has 7 nitrogen and oxygen atoms in total. The van der Waals surface area contributed by atoms with E-state index in [1.165, 1.54) is 0 Å². The first-order valence-electron chi connectivity index (χ1n) is 5.73. The monoisotopic (exact) mass is 315 g/mol. The first-order valence-corrected chi connectivity index (χ1v) is 6.96. The van der Waals surface area contributed by atoms with Gasteiger partial charge in [0.2, 0.25) is 6.20 Å². The maximum Gasteiger partial charge on any atom is 0.264 e. The van der Waals surface area contributed by atoms with Gasteiger partial charge >= 0.3 is 0 Å². The van der Waals surface area contributed by atoms with E-state index in [4.69, 9.17) is 28.2 Å². The van der Waals surface area contributed by atoms with Gasteiger partial charge < -0.3 is 4.74 Å². The molecule has 0 saturated heterocycles. The Hall–Kier alpha value is -1.90. The van der Waals surface area contributed by atoms with Gasteiger partial charge in [-0.15, -0.1) is 10.2 Å². The van der Waals surface area contributed by atoms with Gasteiger partial charge in [0.05, 0.1) is 7.11 Å². The maximum atomic E-state index is 8.49. The minimum absolute atomic E-state index is 0.540. The number of methoxy groups -OCH3 is 1. The van der Waals surface area contributed by atoms with E-state index in [1.807, 2.05) is 48.7 Å². The third kappa shape index (κ3) is 8.79. The number of rotatable bonds is 4. The Morgan fingerprint density at radius 3 is 2.19 bits per heavy atom. The quantitative estimate of drug-likeness (QED) is 0.551. The van der Waals surface area contributed by atoms with E-state index < -0.39 is 10.2 Å². The highest BCUT2D eigenvalue weighted by Crippen LogP contribution is 2.03. The molecule has 0 spiro atoms. The van der Waals surface area contributed by atoms with Gasteiger partial charge in [-0.1, -0.05) is 30.3 Å². The number of aromatic nitrogens is 1. The van der Waals surface area contributed by atoms with E-state index in [9.17, 15) is 0 Å². The summed E-state index contributed by atoms with van der Waals surface area (Å²) in [7, 11) is -3.31. The highest BCUT2D eigenvalue weighted by molar-refractivity contribution is 5.13. The molecule has 0 amide bonds. The van der Waals surface area contributed by atoms with Crippen LogP contribution in [0, 0.1) is 10.2 Å². The molecule has 0 aliphatic heterocycles. The first-order chi connectivity index (χ1) is 9.88. The third-order valence-corrected chi connectivity index (χ3v) is 2.21. The summed E-state index contributed by atoms with van der Waals surface area (Å²) in [5.41, 5.74) is 1.14. The van der Waals surface area contributed by atoms with Gasteiger partial charge in [0, 0.05) is 10.8 Å². The van der Waals surface area contributed by atoms with Gasteiger partial charge in [0.1, 0.15) is 0 Å². The van der Waals surface area contributed by atoms with Gasteiger partial charge in [-0.2, -0.15) is 0 Å². The van der Waals surface area contributed by atoms with Crippen LogP contribution in [-0.4, -0.2) is 7.11 Å². The summed E-state index contributed by atoms with van der Waals surface area (Å²) in [4.78, 5) is 5.57. The van der Waals surface area contributed by atoms with Crippen molar-refractivity contribution in [2.24, 2.45) is 0 Å². The summed E-state index contributed by atoms with van der Waals surface area (Å²) in [5, 5.41) is 0. The fourth-order valence-corrected chi connectivity index (χ4v) is 1.36. The molecule has 114 valence electrons. The molecule has 0 fully saturated rings. The largest absolute Gasteiger partial charge is 0.491 e. The van der Waals surface area contributed by atoms with Crippen molar-refractivity contribution in [1.82, 2.24) is 0 Å². The normalized spacial score (nSPS) is 10.3. The zero-order valence-corrected chi connectivity index (χ0v) is 11.9. The highest BCUT2D eigenvalue weighted by atomic mass is 35.7. The average Bonchev–Trinajstić information content (AvgIpc) is 2.45. The molecule has 1 heterocycles. The third-order valence-electron chi connectivity index (χ3n) is 2.21. The second-order valence-electron chi connectivity index (χ2n) is 3.74. The molecular formula is C13H14ClNO6. The molecular weight excluding hydrogens is 302 g/mol. The van der Waals surface area contributed by atoms with Crippen LogP contribution in [0.5, 0.6) is 5.75 Å². The highest BCUT2D eigenvalue weighted by Gasteiger charge is 2.04. The van der Waals surface area contributed by atoms with E-state index >= 15 is 0 Å². The minimum atomic E-state index is -4.94. The average molecular weight is 316 g/mol. The van der Waals surface area contributed by atoms with Crippen LogP contribution >= 0.6 is 0 Å². The number of halogens is 1. The molecule has 2 rings (SSSR count). The van der Waals surface area contributed by atoms with Crippen LogP contribution < -0.4 is 32.9 Å². The standard InChI is InChI=1S/C13H14NO2.ClHO4/c1-15-13-8-5-9-14(10-13)16-11-12-6-3-2-4-7-12;2-1(3,4)5/h2-10H,11H2,1H3;(H,2,3,4,5)/q+1;/p-1. The van der Waals surface area contributed by atoms with E-state index in [0.29, 0.717) is 6.61 Å². The zero-order valence-electron chi connectivity index (χ0n) is 11.2. The topological polar surface area (TPSA) is 115 Å². The van der Waals surface area contributed by atoms with Crippen LogP contribution in [0.2, 0.25) is 0 Å². The Morgan fingerprint density at radius 2 is 1.62 bits per heavy atom. The lowest BCUT2D eigenvalue weighted by atomic mass is 10.2. The summed E-state index contributed by atoms with van der Waals surface area (Å²) < 4.78 is 40.7. The van der Waals surface area contributed by atoms with Crippen molar-refractivity contribution in [1.29, 1.82) is 0 Å². The van der Waals surface area contributed by atoms with Crippen molar-refractivity contribution in [2.75, 3.05) is 7.11 Å². The summed E-state index contributed by atoms with van der Waals surface area (Å²) in [6, 6.07) is 13.8. The van der Waals surface area contributed by atoms with Crippen molar-refractivity contribution in [3.05, 3.63) is 60.4 Å². The SMILES string of the molecule is COc1ccc[n+](OCc2ccccc2)c1.[O-][Cl+3]([O-])([O-])[O-]. The van der Waals surface area contributed by atoms with Gasteiger partial charge in [-0.3, -0.25) is 4.84 Å². The Bertz CT molecular complexity index is 526. The van der Waals surface area contributed by atoms with Crippen LogP contribution in [0.25, 0.3) is 0 Å². The van der Waals surface area contributed by atoms with Crippen molar-refractivity contribution < 1.29 is 43.2 Å². The fourth-order valence-electron chi connectivity index (χ4n) is 1.36. The van der Waals surface area contributed by atoms with Crippen molar-refractivity contribution >= 4 is 0 Å². The summed E-state index contributed by atoms with van der Waals surface area (Å²) in [6.07, 6.45) is 3.63. The van der Waals surface area contributed by atoms with Crippen LogP contribution in [0.15, 0.2) is 54.9 Å². The zero-order chi connectivity index (χ0) is 15.7. The molecule has 21 heavy (non-hydrogen) atoms. The lowest BCUT2D eigenvalue weighted by Gasteiger charge is -2.17. The molecule has 0 aliphatic rings. The lowest BCUT2D eigenvalue weighted by molar-refractivity contribution is -2.00. The number of hydrogen-bond acceptors (Lipinski definition) is 6. The molecule has 0 N–H and O–H groups in total. The molecule has 0 atom stereocenters. The number of pyridine rings is 1. The Morgan fingerprint density at radius 1 is 1.00 bits per heavy atom. The van der Waals surface area contributed by atoms with Crippen molar-refractivity contribution in [2.45, 2.75) is 6.61 Å². The second-order valence-corrected chi connectivity index (χ2v) is 4.50. The molecule has 0 unspecified atom stereocenters. The predicted molar refractivity (Wildman–Crippen MR) is 59.9 cm³/mol. The first kappa shape index (κ1) is 17.2. The maximum absolute atomic E-state index is 8.49. The van der Waals surface area contributed by atoms with Crippen molar-refractivity contribution in [3.8, 4) is 5.75 Å². The summed E-state index contributed by atoms with van der Waals surface area (Å²) >= 11 is 0. The van der Waals surface area contributed by atoms with Crippen LogP contribution in [0.3, 0.4) is 0 Å².